The molecule has 16 N–H and O–H groups in total. The second-order valence-electron chi connectivity index (χ2n) is 17.1. The number of guanidine groups is 2. The van der Waals surface area contributed by atoms with Crippen LogP contribution in [0, 0.1) is 5.92 Å². The molecule has 26 heteroatoms. The molecule has 0 aromatic carbocycles. The Morgan fingerprint density at radius 2 is 1.36 bits per heavy atom. The van der Waals surface area contributed by atoms with Gasteiger partial charge in [0.05, 0.1) is 12.6 Å². The van der Waals surface area contributed by atoms with E-state index in [0.717, 1.165) is 4.90 Å². The van der Waals surface area contributed by atoms with Crippen molar-refractivity contribution in [2.24, 2.45) is 44.6 Å². The Kier molecular flexibility index (Phi) is 26.8. The standard InChI is InChI=1S/C40H74N14O9S3/c1-22(2)19-27(33(58)50-25(12-10-16-47-39(44)45)35(60)53(5)20-29(55)52-30(37(62)63)40(3,4)65)51-32(57)24(11-9-15-46-38(42)43)48-34(59)28-13-7-8-17-54(28)36(61)26(14-18-66-6)49-31(56)23(41)21-64/h22-28,30,64-65H,7-21,41H2,1-6H3,(H,48,59)(H,49,56)(H,50,58)(H,51,57)(H,52,55)(H,62,63)(H4,42,43,46)(H4,44,45,47)/t23-,24+,25+,26+,27+,28+,30-/m1/s1. The average molecular weight is 991 g/mol. The number of amides is 7. The van der Waals surface area contributed by atoms with E-state index in [1.165, 1.54) is 37.6 Å². The van der Waals surface area contributed by atoms with Gasteiger partial charge in [0.2, 0.25) is 41.4 Å². The van der Waals surface area contributed by atoms with Crippen LogP contribution in [-0.2, 0) is 38.4 Å². The van der Waals surface area contributed by atoms with E-state index >= 15 is 0 Å². The number of nitrogens with one attached hydrogen (secondary N) is 5. The number of rotatable bonds is 29. The maximum Gasteiger partial charge on any atom is 0.327 e. The van der Waals surface area contributed by atoms with Crippen LogP contribution in [0.4, 0.5) is 0 Å². The normalized spacial score (nSPS) is 16.5. The third kappa shape index (κ3) is 21.7. The number of thioether (sulfide) groups is 1. The molecule has 1 aliphatic heterocycles. The average Bonchev–Trinajstić information content (AvgIpc) is 3.23. The zero-order chi connectivity index (χ0) is 50.3. The minimum Gasteiger partial charge on any atom is -0.480 e. The molecule has 0 radical (unpaired) electrons. The molecule has 1 fully saturated rings. The van der Waals surface area contributed by atoms with Crippen molar-refractivity contribution in [3.05, 3.63) is 0 Å². The summed E-state index contributed by atoms with van der Waals surface area (Å²) in [4.78, 5) is 118. The Labute approximate surface area is 402 Å². The van der Waals surface area contributed by atoms with Crippen LogP contribution < -0.4 is 55.3 Å². The number of carboxylic acid groups (broad SMARTS) is 1. The van der Waals surface area contributed by atoms with E-state index in [1.54, 1.807) is 0 Å². The number of carbonyl (C=O) groups is 8. The van der Waals surface area contributed by atoms with Gasteiger partial charge in [0.25, 0.3) is 0 Å². The summed E-state index contributed by atoms with van der Waals surface area (Å²) < 4.78 is -1.15. The minimum atomic E-state index is -1.39. The first-order valence-electron chi connectivity index (χ1n) is 21.8. The van der Waals surface area contributed by atoms with Gasteiger partial charge in [-0.05, 0) is 89.6 Å². The molecule has 1 rings (SSSR count). The number of thiol groups is 2. The van der Waals surface area contributed by atoms with Crippen molar-refractivity contribution in [1.82, 2.24) is 36.4 Å². The molecule has 1 saturated heterocycles. The lowest BCUT2D eigenvalue weighted by molar-refractivity contribution is -0.146. The molecule has 376 valence electrons. The SMILES string of the molecule is CSCC[C@H](NC(=O)[C@H](N)CS)C(=O)N1CCCC[C@H]1C(=O)N[C@@H](CCCN=C(N)N)C(=O)N[C@@H](CC(C)C)C(=O)N[C@@H](CCCN=C(N)N)C(=O)N(C)CC(=O)N[C@H](C(=O)O)C(C)(C)S. The van der Waals surface area contributed by atoms with Crippen molar-refractivity contribution < 1.29 is 43.5 Å². The van der Waals surface area contributed by atoms with Crippen LogP contribution in [-0.4, -0.2) is 172 Å². The number of carbonyl (C=O) groups excluding carboxylic acids is 7. The fourth-order valence-electron chi connectivity index (χ4n) is 6.88. The highest BCUT2D eigenvalue weighted by atomic mass is 32.2. The zero-order valence-corrected chi connectivity index (χ0v) is 41.5. The summed E-state index contributed by atoms with van der Waals surface area (Å²) in [6, 6.07) is -8.03. The molecule has 0 aromatic heterocycles. The summed E-state index contributed by atoms with van der Waals surface area (Å²) >= 11 is 9.84. The molecular formula is C40H74N14O9S3. The fourth-order valence-corrected chi connectivity index (χ4v) is 7.69. The Morgan fingerprint density at radius 3 is 1.88 bits per heavy atom. The predicted molar refractivity (Wildman–Crippen MR) is 261 cm³/mol. The van der Waals surface area contributed by atoms with Gasteiger partial charge in [-0.15, -0.1) is 0 Å². The summed E-state index contributed by atoms with van der Waals surface area (Å²) in [5.74, 6) is -5.89. The van der Waals surface area contributed by atoms with Crippen LogP contribution in [0.2, 0.25) is 0 Å². The van der Waals surface area contributed by atoms with Crippen molar-refractivity contribution in [3.63, 3.8) is 0 Å². The van der Waals surface area contributed by atoms with Crippen molar-refractivity contribution in [1.29, 1.82) is 0 Å². The molecule has 0 saturated carbocycles. The summed E-state index contributed by atoms with van der Waals surface area (Å²) in [6.07, 6.45) is 4.18. The zero-order valence-electron chi connectivity index (χ0n) is 38.9. The Morgan fingerprint density at radius 1 is 0.818 bits per heavy atom. The number of carboxylic acids is 1. The number of piperidine rings is 1. The number of likely N-dealkylation sites (tertiary alicyclic amines) is 1. The Balaban J connectivity index is 3.47. The van der Waals surface area contributed by atoms with Crippen molar-refractivity contribution in [2.75, 3.05) is 51.0 Å². The monoisotopic (exact) mass is 990 g/mol. The molecule has 0 bridgehead atoms. The second-order valence-corrected chi connectivity index (χ2v) is 19.6. The van der Waals surface area contributed by atoms with Gasteiger partial charge in [-0.3, -0.25) is 43.5 Å². The number of likely N-dealkylation sites (N-methyl/N-ethyl adjacent to an activating group) is 1. The highest BCUT2D eigenvalue weighted by molar-refractivity contribution is 7.98. The van der Waals surface area contributed by atoms with Crippen LogP contribution in [0.1, 0.15) is 85.5 Å². The smallest absolute Gasteiger partial charge is 0.327 e. The van der Waals surface area contributed by atoms with E-state index in [4.69, 9.17) is 28.7 Å². The summed E-state index contributed by atoms with van der Waals surface area (Å²) in [7, 11) is 1.31. The van der Waals surface area contributed by atoms with Gasteiger partial charge in [-0.2, -0.15) is 37.0 Å². The van der Waals surface area contributed by atoms with Crippen LogP contribution in [0.5, 0.6) is 0 Å². The maximum atomic E-state index is 14.2. The number of hydrogen-bond donors (Lipinski definition) is 13. The quantitative estimate of drug-likeness (QED) is 0.0156. The maximum absolute atomic E-state index is 14.2. The van der Waals surface area contributed by atoms with Crippen LogP contribution in [0.15, 0.2) is 9.98 Å². The molecule has 7 atom stereocenters. The number of nitrogens with two attached hydrogens (primary N) is 5. The molecule has 7 amide bonds. The van der Waals surface area contributed by atoms with Gasteiger partial charge in [0.1, 0.15) is 36.3 Å². The van der Waals surface area contributed by atoms with E-state index in [1.807, 2.05) is 20.1 Å². The van der Waals surface area contributed by atoms with Gasteiger partial charge < -0.3 is 70.2 Å². The van der Waals surface area contributed by atoms with E-state index in [9.17, 15) is 43.5 Å². The fraction of sp³-hybridized carbons (Fsp3) is 0.750. The van der Waals surface area contributed by atoms with E-state index < -0.39 is 101 Å². The second kappa shape index (κ2) is 29.8. The molecular weight excluding hydrogens is 917 g/mol. The lowest BCUT2D eigenvalue weighted by atomic mass is 9.98. The highest BCUT2D eigenvalue weighted by Crippen LogP contribution is 2.21. The van der Waals surface area contributed by atoms with Crippen molar-refractivity contribution >= 4 is 96.3 Å². The van der Waals surface area contributed by atoms with Gasteiger partial charge >= 0.3 is 5.97 Å². The third-order valence-corrected chi connectivity index (χ3v) is 11.6. The van der Waals surface area contributed by atoms with Crippen LogP contribution in [0.25, 0.3) is 0 Å². The van der Waals surface area contributed by atoms with E-state index in [2.05, 4.69) is 61.8 Å². The summed E-state index contributed by atoms with van der Waals surface area (Å²) in [6.45, 7) is 6.50. The van der Waals surface area contributed by atoms with Gasteiger partial charge in [0.15, 0.2) is 11.9 Å². The van der Waals surface area contributed by atoms with Crippen LogP contribution in [0.3, 0.4) is 0 Å². The summed E-state index contributed by atoms with van der Waals surface area (Å²) in [5.41, 5.74) is 27.9. The molecule has 0 aromatic rings. The Hall–Kier alpha value is -4.69. The number of nitrogens with zero attached hydrogens (tertiary/aromatic N) is 4. The van der Waals surface area contributed by atoms with Gasteiger partial charge in [-0.1, -0.05) is 13.8 Å². The first-order chi connectivity index (χ1) is 30.8. The first-order valence-corrected chi connectivity index (χ1v) is 24.3. The third-order valence-electron chi connectivity index (χ3n) is 10.3. The summed E-state index contributed by atoms with van der Waals surface area (Å²) in [5, 5.41) is 23.0. The molecule has 0 unspecified atom stereocenters. The molecule has 66 heavy (non-hydrogen) atoms. The molecule has 0 aliphatic carbocycles. The van der Waals surface area contributed by atoms with Crippen molar-refractivity contribution in [3.8, 4) is 0 Å². The molecule has 0 spiro atoms. The number of hydrogen-bond acceptors (Lipinski definition) is 14. The van der Waals surface area contributed by atoms with E-state index in [-0.39, 0.29) is 88.2 Å². The highest BCUT2D eigenvalue weighted by Gasteiger charge is 2.39. The van der Waals surface area contributed by atoms with Gasteiger partial charge in [-0.25, -0.2) is 4.79 Å². The lowest BCUT2D eigenvalue weighted by Gasteiger charge is -2.38. The van der Waals surface area contributed by atoms with Gasteiger partial charge in [0, 0.05) is 37.2 Å². The van der Waals surface area contributed by atoms with Crippen molar-refractivity contribution in [2.45, 2.75) is 133 Å². The molecule has 1 aliphatic rings. The minimum absolute atomic E-state index is 0.000968. The lowest BCUT2D eigenvalue weighted by Crippen LogP contribution is -2.61. The Bertz CT molecular complexity index is 1710. The first kappa shape index (κ1) is 59.3. The largest absolute Gasteiger partial charge is 0.480 e. The molecule has 23 nitrogen and oxygen atoms in total. The van der Waals surface area contributed by atoms with Crippen LogP contribution >= 0.6 is 37.0 Å². The number of aliphatic carboxylic acids is 1. The number of aliphatic imine (C=N–C) groups is 2. The van der Waals surface area contributed by atoms with E-state index in [0.29, 0.717) is 18.6 Å². The predicted octanol–water partition coefficient (Wildman–Crippen LogP) is -2.79. The molecule has 1 heterocycles. The topological polar surface area (TPSA) is 378 Å².